The minimum Gasteiger partial charge on any atom is -0.369 e. The zero-order chi connectivity index (χ0) is 20.1. The number of nitrogens with zero attached hydrogens (tertiary/aromatic N) is 2. The van der Waals surface area contributed by atoms with Crippen LogP contribution in [-0.4, -0.2) is 16.5 Å². The van der Waals surface area contributed by atoms with Crippen LogP contribution < -0.4 is 5.32 Å². The quantitative estimate of drug-likeness (QED) is 0.543. The van der Waals surface area contributed by atoms with Crippen molar-refractivity contribution in [1.29, 1.82) is 0 Å². The molecule has 5 heteroatoms. The fourth-order valence-electron chi connectivity index (χ4n) is 3.18. The SMILES string of the molecule is CCCNc1nc(/C=C/c2ccc(F)c(F)c2)nc2cc(CC)c(CC)cc12. The smallest absolute Gasteiger partial charge is 0.159 e. The molecule has 1 heterocycles. The molecule has 146 valence electrons. The Morgan fingerprint density at radius 3 is 2.32 bits per heavy atom. The van der Waals surface area contributed by atoms with Gasteiger partial charge in [-0.1, -0.05) is 32.9 Å². The van der Waals surface area contributed by atoms with Gasteiger partial charge in [-0.15, -0.1) is 0 Å². The van der Waals surface area contributed by atoms with Gasteiger partial charge in [0.05, 0.1) is 5.52 Å². The lowest BCUT2D eigenvalue weighted by Crippen LogP contribution is -2.06. The van der Waals surface area contributed by atoms with Gasteiger partial charge in [-0.25, -0.2) is 18.7 Å². The predicted molar refractivity (Wildman–Crippen MR) is 112 cm³/mol. The van der Waals surface area contributed by atoms with Crippen LogP contribution in [0.5, 0.6) is 0 Å². The van der Waals surface area contributed by atoms with Crippen molar-refractivity contribution in [2.24, 2.45) is 0 Å². The lowest BCUT2D eigenvalue weighted by Gasteiger charge is -2.13. The average molecular weight is 381 g/mol. The number of benzene rings is 2. The van der Waals surface area contributed by atoms with Crippen LogP contribution in [0.3, 0.4) is 0 Å². The Morgan fingerprint density at radius 2 is 1.64 bits per heavy atom. The van der Waals surface area contributed by atoms with E-state index in [2.05, 4.69) is 48.2 Å². The second-order valence-corrected chi connectivity index (χ2v) is 6.71. The topological polar surface area (TPSA) is 37.8 Å². The zero-order valence-corrected chi connectivity index (χ0v) is 16.5. The van der Waals surface area contributed by atoms with E-state index in [4.69, 9.17) is 0 Å². The van der Waals surface area contributed by atoms with Gasteiger partial charge in [0.15, 0.2) is 17.5 Å². The molecule has 0 aliphatic heterocycles. The molecule has 1 N–H and O–H groups in total. The third-order valence-electron chi connectivity index (χ3n) is 4.71. The van der Waals surface area contributed by atoms with Crippen LogP contribution in [0.1, 0.15) is 49.7 Å². The molecule has 0 amide bonds. The molecule has 28 heavy (non-hydrogen) atoms. The summed E-state index contributed by atoms with van der Waals surface area (Å²) in [4.78, 5) is 9.32. The number of rotatable bonds is 7. The standard InChI is InChI=1S/C23H25F2N3/c1-4-11-26-23-18-13-16(5-2)17(6-3)14-21(18)27-22(28-23)10-8-15-7-9-19(24)20(25)12-15/h7-10,12-14H,4-6,11H2,1-3H3,(H,26,27,28)/b10-8+. The van der Waals surface area contributed by atoms with E-state index in [1.165, 1.54) is 17.2 Å². The largest absolute Gasteiger partial charge is 0.369 e. The zero-order valence-electron chi connectivity index (χ0n) is 16.5. The van der Waals surface area contributed by atoms with Gasteiger partial charge in [-0.05, 0) is 66.3 Å². The first kappa shape index (κ1) is 19.9. The summed E-state index contributed by atoms with van der Waals surface area (Å²) in [6, 6.07) is 8.10. The summed E-state index contributed by atoms with van der Waals surface area (Å²) in [5.74, 6) is -0.396. The van der Waals surface area contributed by atoms with Crippen molar-refractivity contribution >= 4 is 28.9 Å². The minimum atomic E-state index is -0.869. The maximum Gasteiger partial charge on any atom is 0.159 e. The Morgan fingerprint density at radius 1 is 0.893 bits per heavy atom. The number of fused-ring (bicyclic) bond motifs is 1. The van der Waals surface area contributed by atoms with E-state index in [0.717, 1.165) is 54.7 Å². The van der Waals surface area contributed by atoms with Crippen molar-refractivity contribution in [3.05, 3.63) is 64.5 Å². The lowest BCUT2D eigenvalue weighted by atomic mass is 10.00. The molecule has 3 aromatic rings. The van der Waals surface area contributed by atoms with E-state index in [0.29, 0.717) is 11.4 Å². The third kappa shape index (κ3) is 4.35. The normalized spacial score (nSPS) is 11.5. The van der Waals surface area contributed by atoms with Gasteiger partial charge in [-0.3, -0.25) is 0 Å². The molecule has 0 spiro atoms. The van der Waals surface area contributed by atoms with Crippen molar-refractivity contribution in [3.8, 4) is 0 Å². The van der Waals surface area contributed by atoms with E-state index in [9.17, 15) is 8.78 Å². The Hall–Kier alpha value is -2.82. The molecule has 0 atom stereocenters. The molecule has 2 aromatic carbocycles. The molecule has 0 aliphatic rings. The van der Waals surface area contributed by atoms with Crippen LogP contribution in [0.2, 0.25) is 0 Å². The van der Waals surface area contributed by atoms with E-state index in [1.807, 2.05) is 0 Å². The minimum absolute atomic E-state index is 0.530. The second kappa shape index (κ2) is 8.91. The van der Waals surface area contributed by atoms with Gasteiger partial charge in [0.2, 0.25) is 0 Å². The fraction of sp³-hybridized carbons (Fsp3) is 0.304. The van der Waals surface area contributed by atoms with E-state index < -0.39 is 11.6 Å². The van der Waals surface area contributed by atoms with E-state index >= 15 is 0 Å². The Bertz CT molecular complexity index is 1010. The highest BCUT2D eigenvalue weighted by Gasteiger charge is 2.10. The Balaban J connectivity index is 2.06. The maximum atomic E-state index is 13.4. The number of halogens is 2. The molecule has 0 aliphatic carbocycles. The summed E-state index contributed by atoms with van der Waals surface area (Å²) < 4.78 is 26.5. The fourth-order valence-corrected chi connectivity index (χ4v) is 3.18. The molecule has 0 fully saturated rings. The molecule has 0 radical (unpaired) electrons. The van der Waals surface area contributed by atoms with Crippen molar-refractivity contribution < 1.29 is 8.78 Å². The number of nitrogens with one attached hydrogen (secondary N) is 1. The Labute approximate surface area is 164 Å². The second-order valence-electron chi connectivity index (χ2n) is 6.71. The van der Waals surface area contributed by atoms with Crippen LogP contribution in [0.4, 0.5) is 14.6 Å². The lowest BCUT2D eigenvalue weighted by molar-refractivity contribution is 0.508. The molecular formula is C23H25F2N3. The highest BCUT2D eigenvalue weighted by molar-refractivity contribution is 5.91. The summed E-state index contributed by atoms with van der Waals surface area (Å²) in [5, 5.41) is 4.39. The van der Waals surface area contributed by atoms with Crippen LogP contribution in [0.15, 0.2) is 30.3 Å². The number of aromatic nitrogens is 2. The molecule has 0 bridgehead atoms. The van der Waals surface area contributed by atoms with Crippen molar-refractivity contribution in [2.45, 2.75) is 40.0 Å². The Kier molecular flexibility index (Phi) is 6.34. The first-order valence-corrected chi connectivity index (χ1v) is 9.76. The maximum absolute atomic E-state index is 13.4. The van der Waals surface area contributed by atoms with Gasteiger partial charge < -0.3 is 5.32 Å². The molecule has 3 rings (SSSR count). The van der Waals surface area contributed by atoms with Crippen molar-refractivity contribution in [3.63, 3.8) is 0 Å². The van der Waals surface area contributed by atoms with Gasteiger partial charge >= 0.3 is 0 Å². The van der Waals surface area contributed by atoms with Crippen molar-refractivity contribution in [1.82, 2.24) is 9.97 Å². The monoisotopic (exact) mass is 381 g/mol. The van der Waals surface area contributed by atoms with Crippen LogP contribution >= 0.6 is 0 Å². The summed E-state index contributed by atoms with van der Waals surface area (Å²) in [6.45, 7) is 7.21. The van der Waals surface area contributed by atoms with Crippen LogP contribution in [0, 0.1) is 11.6 Å². The number of anilines is 1. The highest BCUT2D eigenvalue weighted by atomic mass is 19.2. The first-order valence-electron chi connectivity index (χ1n) is 9.76. The number of hydrogen-bond donors (Lipinski definition) is 1. The molecule has 3 nitrogen and oxygen atoms in total. The molecule has 1 aromatic heterocycles. The molecule has 0 unspecified atom stereocenters. The third-order valence-corrected chi connectivity index (χ3v) is 4.71. The molecule has 0 saturated carbocycles. The van der Waals surface area contributed by atoms with Gasteiger partial charge in [0.1, 0.15) is 5.82 Å². The summed E-state index contributed by atoms with van der Waals surface area (Å²) >= 11 is 0. The molecular weight excluding hydrogens is 356 g/mol. The first-order chi connectivity index (χ1) is 13.5. The average Bonchev–Trinajstić information content (AvgIpc) is 2.71. The van der Waals surface area contributed by atoms with E-state index in [1.54, 1.807) is 12.2 Å². The summed E-state index contributed by atoms with van der Waals surface area (Å²) in [6.07, 6.45) is 6.31. The van der Waals surface area contributed by atoms with E-state index in [-0.39, 0.29) is 0 Å². The summed E-state index contributed by atoms with van der Waals surface area (Å²) in [5.41, 5.74) is 4.03. The van der Waals surface area contributed by atoms with Crippen LogP contribution in [-0.2, 0) is 12.8 Å². The summed E-state index contributed by atoms with van der Waals surface area (Å²) in [7, 11) is 0. The predicted octanol–water partition coefficient (Wildman–Crippen LogP) is 6.03. The number of hydrogen-bond acceptors (Lipinski definition) is 3. The van der Waals surface area contributed by atoms with Crippen LogP contribution in [0.25, 0.3) is 23.1 Å². The van der Waals surface area contributed by atoms with Gasteiger partial charge in [-0.2, -0.15) is 0 Å². The van der Waals surface area contributed by atoms with Gasteiger partial charge in [0, 0.05) is 11.9 Å². The van der Waals surface area contributed by atoms with Gasteiger partial charge in [0.25, 0.3) is 0 Å². The number of aryl methyl sites for hydroxylation is 2. The molecule has 0 saturated heterocycles. The van der Waals surface area contributed by atoms with Crippen molar-refractivity contribution in [2.75, 3.05) is 11.9 Å². The highest BCUT2D eigenvalue weighted by Crippen LogP contribution is 2.26.